The molecule has 0 spiro atoms. The number of nitrogens with two attached hydrogens (primary N) is 1. The third-order valence-electron chi connectivity index (χ3n) is 4.13. The maximum Gasteiger partial charge on any atom is 0.0350 e. The fourth-order valence-electron chi connectivity index (χ4n) is 3.16. The van der Waals surface area contributed by atoms with Crippen molar-refractivity contribution >= 4 is 5.69 Å². The molecule has 0 bridgehead atoms. The molecule has 1 aliphatic heterocycles. The average molecular weight is 232 g/mol. The lowest BCUT2D eigenvalue weighted by molar-refractivity contribution is 0.156. The quantitative estimate of drug-likeness (QED) is 0.811. The maximum absolute atomic E-state index is 6.13. The molecule has 0 saturated carbocycles. The summed E-state index contributed by atoms with van der Waals surface area (Å²) in [5, 5.41) is 0. The Bertz CT molecular complexity index is 362. The topological polar surface area (TPSA) is 29.3 Å². The van der Waals surface area contributed by atoms with Crippen LogP contribution in [-0.2, 0) is 0 Å². The molecule has 2 nitrogen and oxygen atoms in total. The van der Waals surface area contributed by atoms with E-state index in [2.05, 4.69) is 31.0 Å². The lowest BCUT2D eigenvalue weighted by atomic mass is 9.83. The summed E-state index contributed by atoms with van der Waals surface area (Å²) in [5.74, 6) is 0.585. The molecule has 2 atom stereocenters. The van der Waals surface area contributed by atoms with Crippen LogP contribution < -0.4 is 5.73 Å². The van der Waals surface area contributed by atoms with Crippen LogP contribution in [0.2, 0.25) is 0 Å². The Kier molecular flexibility index (Phi) is 4.06. The lowest BCUT2D eigenvalue weighted by Crippen LogP contribution is -2.40. The van der Waals surface area contributed by atoms with Crippen molar-refractivity contribution in [3.8, 4) is 0 Å². The van der Waals surface area contributed by atoms with Crippen LogP contribution in [0.4, 0.5) is 5.69 Å². The molecule has 1 aliphatic rings. The van der Waals surface area contributed by atoms with Crippen molar-refractivity contribution < 1.29 is 0 Å². The molecular formula is C15H24N2. The predicted octanol–water partition coefficient (Wildman–Crippen LogP) is 3.25. The van der Waals surface area contributed by atoms with Crippen molar-refractivity contribution in [3.63, 3.8) is 0 Å². The molecule has 2 rings (SSSR count). The van der Waals surface area contributed by atoms with Crippen LogP contribution in [0.15, 0.2) is 24.3 Å². The van der Waals surface area contributed by atoms with E-state index in [0.29, 0.717) is 12.0 Å². The van der Waals surface area contributed by atoms with Gasteiger partial charge in [0.1, 0.15) is 0 Å². The van der Waals surface area contributed by atoms with E-state index in [0.717, 1.165) is 5.69 Å². The van der Waals surface area contributed by atoms with Crippen molar-refractivity contribution in [2.75, 3.05) is 19.3 Å². The zero-order valence-corrected chi connectivity index (χ0v) is 11.0. The van der Waals surface area contributed by atoms with Crippen LogP contribution in [-0.4, -0.2) is 24.5 Å². The Morgan fingerprint density at radius 2 is 2.12 bits per heavy atom. The van der Waals surface area contributed by atoms with Crippen molar-refractivity contribution in [2.45, 2.75) is 44.6 Å². The smallest absolute Gasteiger partial charge is 0.0350 e. The van der Waals surface area contributed by atoms with Crippen molar-refractivity contribution in [2.24, 2.45) is 0 Å². The largest absolute Gasteiger partial charge is 0.398 e. The number of anilines is 1. The number of para-hydroxylation sites is 1. The third-order valence-corrected chi connectivity index (χ3v) is 4.13. The van der Waals surface area contributed by atoms with Crippen molar-refractivity contribution in [3.05, 3.63) is 29.8 Å². The number of likely N-dealkylation sites (N-methyl/N-ethyl adjacent to an activating group) is 1. The molecule has 0 radical (unpaired) electrons. The Labute approximate surface area is 105 Å². The standard InChI is InChI=1S/C15H24N2/c1-3-12(13-8-4-5-9-14(13)16)15-10-6-7-11-17(15)2/h4-5,8-9,12,15H,3,6-7,10-11,16H2,1-2H3. The third kappa shape index (κ3) is 2.63. The molecule has 2 N–H and O–H groups in total. The highest BCUT2D eigenvalue weighted by Crippen LogP contribution is 2.34. The number of nitrogen functional groups attached to an aromatic ring is 1. The minimum Gasteiger partial charge on any atom is -0.398 e. The summed E-state index contributed by atoms with van der Waals surface area (Å²) in [6, 6.07) is 9.03. The van der Waals surface area contributed by atoms with Gasteiger partial charge in [-0.3, -0.25) is 0 Å². The Morgan fingerprint density at radius 1 is 1.35 bits per heavy atom. The number of rotatable bonds is 3. The van der Waals surface area contributed by atoms with E-state index in [-0.39, 0.29) is 0 Å². The highest BCUT2D eigenvalue weighted by atomic mass is 15.1. The van der Waals surface area contributed by atoms with E-state index in [1.165, 1.54) is 37.8 Å². The minimum absolute atomic E-state index is 0.585. The van der Waals surface area contributed by atoms with Crippen LogP contribution in [0, 0.1) is 0 Å². The van der Waals surface area contributed by atoms with Gasteiger partial charge in [-0.15, -0.1) is 0 Å². The molecule has 1 saturated heterocycles. The Morgan fingerprint density at radius 3 is 2.76 bits per heavy atom. The average Bonchev–Trinajstić information content (AvgIpc) is 2.34. The van der Waals surface area contributed by atoms with Gasteiger partial charge < -0.3 is 10.6 Å². The fraction of sp³-hybridized carbons (Fsp3) is 0.600. The molecule has 1 aromatic carbocycles. The molecule has 1 fully saturated rings. The van der Waals surface area contributed by atoms with Crippen LogP contribution in [0.3, 0.4) is 0 Å². The molecule has 2 unspecified atom stereocenters. The molecule has 17 heavy (non-hydrogen) atoms. The van der Waals surface area contributed by atoms with E-state index in [1.807, 2.05) is 12.1 Å². The SMILES string of the molecule is CCC(c1ccccc1N)C1CCCCN1C. The second-order valence-electron chi connectivity index (χ2n) is 5.19. The molecule has 0 amide bonds. The van der Waals surface area contributed by atoms with Gasteiger partial charge in [0.25, 0.3) is 0 Å². The van der Waals surface area contributed by atoms with Gasteiger partial charge in [0.05, 0.1) is 0 Å². The van der Waals surface area contributed by atoms with Gasteiger partial charge in [-0.05, 0) is 44.5 Å². The zero-order valence-electron chi connectivity index (χ0n) is 11.0. The number of piperidine rings is 1. The fourth-order valence-corrected chi connectivity index (χ4v) is 3.16. The summed E-state index contributed by atoms with van der Waals surface area (Å²) in [5.41, 5.74) is 8.43. The molecule has 0 aliphatic carbocycles. The van der Waals surface area contributed by atoms with E-state index in [1.54, 1.807) is 0 Å². The van der Waals surface area contributed by atoms with Gasteiger partial charge >= 0.3 is 0 Å². The number of hydrogen-bond acceptors (Lipinski definition) is 2. The maximum atomic E-state index is 6.13. The normalized spacial score (nSPS) is 23.5. The van der Waals surface area contributed by atoms with Crippen LogP contribution >= 0.6 is 0 Å². The van der Waals surface area contributed by atoms with E-state index in [9.17, 15) is 0 Å². The molecule has 1 heterocycles. The number of likely N-dealkylation sites (tertiary alicyclic amines) is 1. The van der Waals surface area contributed by atoms with Crippen molar-refractivity contribution in [1.29, 1.82) is 0 Å². The minimum atomic E-state index is 0.585. The number of hydrogen-bond donors (Lipinski definition) is 1. The monoisotopic (exact) mass is 232 g/mol. The summed E-state index contributed by atoms with van der Waals surface area (Å²) < 4.78 is 0. The Hall–Kier alpha value is -1.02. The number of benzene rings is 1. The summed E-state index contributed by atoms with van der Waals surface area (Å²) in [4.78, 5) is 2.52. The van der Waals surface area contributed by atoms with Gasteiger partial charge in [-0.2, -0.15) is 0 Å². The predicted molar refractivity (Wildman–Crippen MR) is 74.2 cm³/mol. The van der Waals surface area contributed by atoms with Gasteiger partial charge in [0.15, 0.2) is 0 Å². The summed E-state index contributed by atoms with van der Waals surface area (Å²) in [6.45, 7) is 3.51. The number of nitrogens with zero attached hydrogens (tertiary/aromatic N) is 1. The molecule has 94 valence electrons. The second-order valence-corrected chi connectivity index (χ2v) is 5.19. The second kappa shape index (κ2) is 5.54. The first-order valence-corrected chi connectivity index (χ1v) is 6.78. The summed E-state index contributed by atoms with van der Waals surface area (Å²) in [6.07, 6.45) is 5.18. The molecular weight excluding hydrogens is 208 g/mol. The lowest BCUT2D eigenvalue weighted by Gasteiger charge is -2.38. The molecule has 2 heteroatoms. The first-order valence-electron chi connectivity index (χ1n) is 6.78. The van der Waals surface area contributed by atoms with Crippen molar-refractivity contribution in [1.82, 2.24) is 4.90 Å². The van der Waals surface area contributed by atoms with Crippen LogP contribution in [0.5, 0.6) is 0 Å². The molecule has 0 aromatic heterocycles. The first-order chi connectivity index (χ1) is 8.24. The van der Waals surface area contributed by atoms with Gasteiger partial charge in [-0.25, -0.2) is 0 Å². The van der Waals surface area contributed by atoms with Crippen LogP contribution in [0.1, 0.15) is 44.1 Å². The van der Waals surface area contributed by atoms with Gasteiger partial charge in [0, 0.05) is 17.6 Å². The van der Waals surface area contributed by atoms with Gasteiger partial charge in [-0.1, -0.05) is 31.5 Å². The highest BCUT2D eigenvalue weighted by Gasteiger charge is 2.28. The Balaban J connectivity index is 2.23. The van der Waals surface area contributed by atoms with Gasteiger partial charge in [0.2, 0.25) is 0 Å². The molecule has 1 aromatic rings. The van der Waals surface area contributed by atoms with E-state index < -0.39 is 0 Å². The summed E-state index contributed by atoms with van der Waals surface area (Å²) >= 11 is 0. The summed E-state index contributed by atoms with van der Waals surface area (Å²) in [7, 11) is 2.26. The van der Waals surface area contributed by atoms with Crippen LogP contribution in [0.25, 0.3) is 0 Å². The highest BCUT2D eigenvalue weighted by molar-refractivity contribution is 5.49. The van der Waals surface area contributed by atoms with E-state index >= 15 is 0 Å². The van der Waals surface area contributed by atoms with E-state index in [4.69, 9.17) is 5.73 Å². The first kappa shape index (κ1) is 12.4. The zero-order chi connectivity index (χ0) is 12.3.